The summed E-state index contributed by atoms with van der Waals surface area (Å²) in [6, 6.07) is 9.05. The van der Waals surface area contributed by atoms with E-state index in [1.54, 1.807) is 12.1 Å². The zero-order chi connectivity index (χ0) is 12.7. The predicted octanol–water partition coefficient (Wildman–Crippen LogP) is 0.563. The van der Waals surface area contributed by atoms with Crippen LogP contribution in [0.2, 0.25) is 0 Å². The van der Waals surface area contributed by atoms with Crippen LogP contribution in [-0.2, 0) is 31.7 Å². The van der Waals surface area contributed by atoms with E-state index in [0.29, 0.717) is 0 Å². The van der Waals surface area contributed by atoms with Crippen molar-refractivity contribution in [2.24, 2.45) is 0 Å². The normalized spacial score (nSPS) is 11.8. The number of aliphatic carboxylic acids is 1. The van der Waals surface area contributed by atoms with E-state index in [4.69, 9.17) is 9.84 Å². The standard InChI is InChI=1S/C11H12O5S/c12-10(13)7-17(15)8-11(14)16-6-9-4-2-1-3-5-9/h1-5H,6-8H2,(H,12,13). The van der Waals surface area contributed by atoms with Gasteiger partial charge in [-0.15, -0.1) is 0 Å². The maximum Gasteiger partial charge on any atom is 0.318 e. The summed E-state index contributed by atoms with van der Waals surface area (Å²) in [5, 5.41) is 8.36. The first-order valence-corrected chi connectivity index (χ1v) is 6.33. The highest BCUT2D eigenvalue weighted by Gasteiger charge is 2.12. The number of hydrogen-bond donors (Lipinski definition) is 1. The van der Waals surface area contributed by atoms with E-state index in [1.165, 1.54) is 0 Å². The second kappa shape index (κ2) is 6.80. The molecule has 17 heavy (non-hydrogen) atoms. The predicted molar refractivity (Wildman–Crippen MR) is 61.8 cm³/mol. The van der Waals surface area contributed by atoms with Crippen molar-refractivity contribution in [1.29, 1.82) is 0 Å². The summed E-state index contributed by atoms with van der Waals surface area (Å²) in [5.74, 6) is -2.79. The molecule has 0 amide bonds. The van der Waals surface area contributed by atoms with Crippen LogP contribution in [0.1, 0.15) is 5.56 Å². The minimum absolute atomic E-state index is 0.101. The van der Waals surface area contributed by atoms with Crippen molar-refractivity contribution in [3.05, 3.63) is 35.9 Å². The Labute approximate surface area is 101 Å². The molecule has 0 aliphatic rings. The summed E-state index contributed by atoms with van der Waals surface area (Å²) in [5.41, 5.74) is 0.824. The third-order valence-electron chi connectivity index (χ3n) is 1.81. The van der Waals surface area contributed by atoms with E-state index in [-0.39, 0.29) is 12.4 Å². The molecule has 0 saturated carbocycles. The maximum absolute atomic E-state index is 11.2. The number of carboxylic acids is 1. The zero-order valence-electron chi connectivity index (χ0n) is 9.00. The third kappa shape index (κ3) is 5.82. The van der Waals surface area contributed by atoms with Gasteiger partial charge in [0.05, 0.1) is 0 Å². The van der Waals surface area contributed by atoms with Gasteiger partial charge in [-0.2, -0.15) is 0 Å². The molecule has 1 aromatic rings. The van der Waals surface area contributed by atoms with Crippen molar-refractivity contribution >= 4 is 22.7 Å². The highest BCUT2D eigenvalue weighted by Crippen LogP contribution is 2.01. The Morgan fingerprint density at radius 1 is 1.18 bits per heavy atom. The first kappa shape index (κ1) is 13.4. The lowest BCUT2D eigenvalue weighted by atomic mass is 10.2. The topological polar surface area (TPSA) is 80.7 Å². The Hall–Kier alpha value is -1.69. The maximum atomic E-state index is 11.2. The number of carbonyl (C=O) groups excluding carboxylic acids is 1. The highest BCUT2D eigenvalue weighted by molar-refractivity contribution is 7.86. The van der Waals surface area contributed by atoms with Gasteiger partial charge in [-0.1, -0.05) is 30.3 Å². The van der Waals surface area contributed by atoms with Crippen molar-refractivity contribution in [2.75, 3.05) is 11.5 Å². The molecule has 6 heteroatoms. The Morgan fingerprint density at radius 3 is 2.41 bits per heavy atom. The van der Waals surface area contributed by atoms with Crippen molar-refractivity contribution in [3.8, 4) is 0 Å². The fraction of sp³-hybridized carbons (Fsp3) is 0.273. The monoisotopic (exact) mass is 256 g/mol. The van der Waals surface area contributed by atoms with Crippen molar-refractivity contribution < 1.29 is 23.6 Å². The smallest absolute Gasteiger partial charge is 0.318 e. The van der Waals surface area contributed by atoms with Gasteiger partial charge in [0.2, 0.25) is 0 Å². The van der Waals surface area contributed by atoms with Gasteiger partial charge >= 0.3 is 11.9 Å². The minimum atomic E-state index is -1.71. The quantitative estimate of drug-likeness (QED) is 0.752. The molecule has 0 heterocycles. The molecule has 0 aliphatic carbocycles. The van der Waals surface area contributed by atoms with E-state index in [0.717, 1.165) is 5.56 Å². The number of hydrogen-bond acceptors (Lipinski definition) is 4. The Kier molecular flexibility index (Phi) is 5.35. The number of ether oxygens (including phenoxy) is 1. The van der Waals surface area contributed by atoms with Crippen molar-refractivity contribution in [3.63, 3.8) is 0 Å². The number of carbonyl (C=O) groups is 2. The molecule has 0 aromatic heterocycles. The van der Waals surface area contributed by atoms with E-state index >= 15 is 0 Å². The number of benzene rings is 1. The lowest BCUT2D eigenvalue weighted by Crippen LogP contribution is -2.19. The van der Waals surface area contributed by atoms with Gasteiger partial charge in [-0.05, 0) is 5.56 Å². The van der Waals surface area contributed by atoms with Crippen LogP contribution >= 0.6 is 0 Å². The first-order valence-electron chi connectivity index (χ1n) is 4.84. The molecule has 1 N–H and O–H groups in total. The molecular formula is C11H12O5S. The van der Waals surface area contributed by atoms with Crippen LogP contribution in [0.15, 0.2) is 30.3 Å². The van der Waals surface area contributed by atoms with Crippen LogP contribution < -0.4 is 0 Å². The third-order valence-corrected chi connectivity index (χ3v) is 2.93. The fourth-order valence-electron chi connectivity index (χ4n) is 1.10. The molecule has 0 spiro atoms. The second-order valence-corrected chi connectivity index (χ2v) is 4.73. The molecule has 1 atom stereocenters. The van der Waals surface area contributed by atoms with Gasteiger partial charge in [0.25, 0.3) is 0 Å². The summed E-state index contributed by atoms with van der Waals surface area (Å²) in [4.78, 5) is 21.4. The molecule has 1 rings (SSSR count). The average Bonchev–Trinajstić information content (AvgIpc) is 2.26. The Morgan fingerprint density at radius 2 is 1.82 bits per heavy atom. The van der Waals surface area contributed by atoms with Crippen LogP contribution in [0.4, 0.5) is 0 Å². The van der Waals surface area contributed by atoms with E-state index in [9.17, 15) is 13.8 Å². The van der Waals surface area contributed by atoms with E-state index < -0.39 is 28.5 Å². The van der Waals surface area contributed by atoms with Crippen LogP contribution in [-0.4, -0.2) is 32.8 Å². The van der Waals surface area contributed by atoms with E-state index in [2.05, 4.69) is 0 Å². The lowest BCUT2D eigenvalue weighted by Gasteiger charge is -2.04. The molecule has 1 unspecified atom stereocenters. The molecule has 5 nitrogen and oxygen atoms in total. The Balaban J connectivity index is 2.31. The molecule has 0 aliphatic heterocycles. The SMILES string of the molecule is O=C(O)CS(=O)CC(=O)OCc1ccccc1. The molecule has 0 fully saturated rings. The summed E-state index contributed by atoms with van der Waals surface area (Å²) < 4.78 is 16.0. The fourth-order valence-corrected chi connectivity index (χ4v) is 1.82. The molecule has 0 bridgehead atoms. The lowest BCUT2D eigenvalue weighted by molar-refractivity contribution is -0.141. The highest BCUT2D eigenvalue weighted by atomic mass is 32.2. The summed E-state index contributed by atoms with van der Waals surface area (Å²) in [6.07, 6.45) is 0. The molecule has 0 radical (unpaired) electrons. The number of rotatable bonds is 6. The van der Waals surface area contributed by atoms with E-state index in [1.807, 2.05) is 18.2 Å². The number of esters is 1. The summed E-state index contributed by atoms with van der Waals surface area (Å²) in [6.45, 7) is 0.101. The van der Waals surface area contributed by atoms with Gasteiger partial charge in [-0.25, -0.2) is 0 Å². The molecular weight excluding hydrogens is 244 g/mol. The van der Waals surface area contributed by atoms with Gasteiger partial charge in [0.1, 0.15) is 18.1 Å². The summed E-state index contributed by atoms with van der Waals surface area (Å²) in [7, 11) is -1.71. The summed E-state index contributed by atoms with van der Waals surface area (Å²) >= 11 is 0. The number of carboxylic acid groups (broad SMARTS) is 1. The first-order chi connectivity index (χ1) is 8.08. The zero-order valence-corrected chi connectivity index (χ0v) is 9.81. The van der Waals surface area contributed by atoms with Gasteiger partial charge in [0, 0.05) is 10.8 Å². The molecule has 1 aromatic carbocycles. The largest absolute Gasteiger partial charge is 0.481 e. The van der Waals surface area contributed by atoms with Gasteiger partial charge in [0.15, 0.2) is 0 Å². The second-order valence-electron chi connectivity index (χ2n) is 3.27. The average molecular weight is 256 g/mol. The minimum Gasteiger partial charge on any atom is -0.481 e. The van der Waals surface area contributed by atoms with Crippen molar-refractivity contribution in [1.82, 2.24) is 0 Å². The Bertz CT molecular complexity index is 415. The molecule has 92 valence electrons. The van der Waals surface area contributed by atoms with Gasteiger partial charge in [-0.3, -0.25) is 13.8 Å². The van der Waals surface area contributed by atoms with Crippen LogP contribution in [0, 0.1) is 0 Å². The van der Waals surface area contributed by atoms with Crippen LogP contribution in [0.25, 0.3) is 0 Å². The van der Waals surface area contributed by atoms with Crippen LogP contribution in [0.5, 0.6) is 0 Å². The van der Waals surface area contributed by atoms with Gasteiger partial charge < -0.3 is 9.84 Å². The molecule has 0 saturated heterocycles. The van der Waals surface area contributed by atoms with Crippen molar-refractivity contribution in [2.45, 2.75) is 6.61 Å². The van der Waals surface area contributed by atoms with Crippen LogP contribution in [0.3, 0.4) is 0 Å².